The van der Waals surface area contributed by atoms with Crippen LogP contribution in [-0.4, -0.2) is 66.7 Å². The smallest absolute Gasteiger partial charge is 0.174 e. The normalized spacial score (nSPS) is 19.6. The van der Waals surface area contributed by atoms with Gasteiger partial charge < -0.3 is 15.0 Å². The molecule has 1 aromatic carbocycles. The molecule has 2 fully saturated rings. The van der Waals surface area contributed by atoms with E-state index in [0.717, 1.165) is 62.3 Å². The third kappa shape index (κ3) is 9.26. The van der Waals surface area contributed by atoms with Crippen LogP contribution in [-0.2, 0) is 4.79 Å². The fourth-order valence-corrected chi connectivity index (χ4v) is 6.39. The molecular weight excluding hydrogens is 502 g/mol. The Morgan fingerprint density at radius 1 is 1.28 bits per heavy atom. The molecule has 1 aliphatic heterocycles. The minimum atomic E-state index is 0.230. The van der Waals surface area contributed by atoms with Crippen molar-refractivity contribution in [3.63, 3.8) is 0 Å². The van der Waals surface area contributed by atoms with Crippen LogP contribution < -0.4 is 10.1 Å². The lowest BCUT2D eigenvalue weighted by molar-refractivity contribution is -0.117. The maximum atomic E-state index is 13.8. The van der Waals surface area contributed by atoms with Gasteiger partial charge in [-0.25, -0.2) is 0 Å². The van der Waals surface area contributed by atoms with Gasteiger partial charge in [-0.1, -0.05) is 50.8 Å². The molecule has 5 nitrogen and oxygen atoms in total. The lowest BCUT2D eigenvalue weighted by Gasteiger charge is -2.37. The number of rotatable bonds is 15. The van der Waals surface area contributed by atoms with Gasteiger partial charge in [0.2, 0.25) is 0 Å². The molecular formula is C33H51N3O2S. The van der Waals surface area contributed by atoms with Gasteiger partial charge >= 0.3 is 0 Å². The number of ether oxygens (including phenoxy) is 1. The lowest BCUT2D eigenvalue weighted by Crippen LogP contribution is -2.53. The average molecular weight is 554 g/mol. The Balaban J connectivity index is 1.70. The zero-order valence-electron chi connectivity index (χ0n) is 24.8. The van der Waals surface area contributed by atoms with Gasteiger partial charge in [0.1, 0.15) is 5.75 Å². The highest BCUT2D eigenvalue weighted by Gasteiger charge is 2.27. The first-order chi connectivity index (χ1) is 19.0. The standard InChI is InChI=1S/C33H51N3O2S/c1-6-8-12-21-36(28-15-10-9-11-16-28)30(14-7-2)26(3)31(37)25-35-22-20-34-24-29(35)19-23-38-32-17-13-18-33(39-5)27(32)4/h7,12-13,17-18,21,28-29,34H,2,6,8-11,14-16,19-20,22-25H2,1,3-5H3/b21-12+,30-26+. The van der Waals surface area contributed by atoms with Crippen molar-refractivity contribution in [3.05, 3.63) is 60.0 Å². The van der Waals surface area contributed by atoms with E-state index >= 15 is 0 Å². The molecule has 0 spiro atoms. The predicted octanol–water partition coefficient (Wildman–Crippen LogP) is 7.13. The quantitative estimate of drug-likeness (QED) is 0.142. The minimum Gasteiger partial charge on any atom is -0.493 e. The summed E-state index contributed by atoms with van der Waals surface area (Å²) < 4.78 is 6.21. The maximum absolute atomic E-state index is 13.8. The first-order valence-corrected chi connectivity index (χ1v) is 16.2. The highest BCUT2D eigenvalue weighted by Crippen LogP contribution is 2.30. The Morgan fingerprint density at radius 2 is 2.08 bits per heavy atom. The molecule has 1 saturated heterocycles. The van der Waals surface area contributed by atoms with Gasteiger partial charge in [0.05, 0.1) is 13.2 Å². The number of allylic oxidation sites excluding steroid dienone is 2. The van der Waals surface area contributed by atoms with Crippen LogP contribution in [0.5, 0.6) is 5.75 Å². The van der Waals surface area contributed by atoms with E-state index in [1.54, 1.807) is 11.8 Å². The van der Waals surface area contributed by atoms with E-state index in [1.807, 2.05) is 13.0 Å². The molecule has 3 rings (SSSR count). The van der Waals surface area contributed by atoms with Crippen molar-refractivity contribution in [1.29, 1.82) is 0 Å². The Labute approximate surface area is 242 Å². The van der Waals surface area contributed by atoms with Crippen LogP contribution in [0.15, 0.2) is 59.3 Å². The molecule has 0 radical (unpaired) electrons. The molecule has 6 heteroatoms. The zero-order valence-corrected chi connectivity index (χ0v) is 25.7. The summed E-state index contributed by atoms with van der Waals surface area (Å²) in [5, 5.41) is 3.52. The number of benzene rings is 1. The molecule has 1 heterocycles. The zero-order chi connectivity index (χ0) is 28.0. The van der Waals surface area contributed by atoms with E-state index in [0.29, 0.717) is 19.2 Å². The Bertz CT molecular complexity index is 983. The molecule has 1 aromatic rings. The number of unbranched alkanes of at least 4 members (excludes halogenated alkanes) is 1. The van der Waals surface area contributed by atoms with Crippen LogP contribution in [0.4, 0.5) is 0 Å². The third-order valence-electron chi connectivity index (χ3n) is 8.17. The summed E-state index contributed by atoms with van der Waals surface area (Å²) in [6.45, 7) is 14.2. The SMILES string of the molecule is C=CC/C(=C(/C)C(=O)CN1CCNCC1CCOc1cccc(SC)c1C)N(/C=C/CCC)C1CCCCC1. The second-order valence-corrected chi connectivity index (χ2v) is 11.8. The van der Waals surface area contributed by atoms with Gasteiger partial charge in [0, 0.05) is 66.1 Å². The largest absolute Gasteiger partial charge is 0.493 e. The van der Waals surface area contributed by atoms with Crippen LogP contribution >= 0.6 is 11.8 Å². The van der Waals surface area contributed by atoms with E-state index in [1.165, 1.54) is 42.6 Å². The number of thioether (sulfide) groups is 1. The molecule has 2 aliphatic rings. The number of hydrogen-bond donors (Lipinski definition) is 1. The van der Waals surface area contributed by atoms with E-state index in [-0.39, 0.29) is 11.8 Å². The summed E-state index contributed by atoms with van der Waals surface area (Å²) in [6, 6.07) is 7.00. The van der Waals surface area contributed by atoms with Crippen molar-refractivity contribution in [1.82, 2.24) is 15.1 Å². The molecule has 1 unspecified atom stereocenters. The van der Waals surface area contributed by atoms with Crippen molar-refractivity contribution >= 4 is 17.5 Å². The number of carbonyl (C=O) groups is 1. The third-order valence-corrected chi connectivity index (χ3v) is 9.05. The fourth-order valence-electron chi connectivity index (χ4n) is 5.77. The summed E-state index contributed by atoms with van der Waals surface area (Å²) >= 11 is 1.75. The van der Waals surface area contributed by atoms with Crippen molar-refractivity contribution in [2.75, 3.05) is 39.0 Å². The summed E-state index contributed by atoms with van der Waals surface area (Å²) in [6.07, 6.45) is 18.6. The average Bonchev–Trinajstić information content (AvgIpc) is 2.96. The molecule has 216 valence electrons. The van der Waals surface area contributed by atoms with Gasteiger partial charge in [0.25, 0.3) is 0 Å². The van der Waals surface area contributed by atoms with Gasteiger partial charge in [-0.15, -0.1) is 18.3 Å². The molecule has 39 heavy (non-hydrogen) atoms. The van der Waals surface area contributed by atoms with Crippen molar-refractivity contribution < 1.29 is 9.53 Å². The van der Waals surface area contributed by atoms with Crippen LogP contribution in [0.25, 0.3) is 0 Å². The summed E-state index contributed by atoms with van der Waals surface area (Å²) in [5.74, 6) is 1.19. The monoisotopic (exact) mass is 553 g/mol. The minimum absolute atomic E-state index is 0.230. The van der Waals surface area contributed by atoms with Crippen LogP contribution in [0.1, 0.15) is 77.2 Å². The predicted molar refractivity (Wildman–Crippen MR) is 167 cm³/mol. The van der Waals surface area contributed by atoms with E-state index in [4.69, 9.17) is 4.74 Å². The second kappa shape index (κ2) is 16.9. The number of piperazine rings is 1. The first kappa shape index (κ1) is 31.5. The van der Waals surface area contributed by atoms with E-state index < -0.39 is 0 Å². The van der Waals surface area contributed by atoms with Crippen molar-refractivity contribution in [2.45, 2.75) is 95.5 Å². The van der Waals surface area contributed by atoms with Gasteiger partial charge in [-0.05, 0) is 57.9 Å². The van der Waals surface area contributed by atoms with Crippen LogP contribution in [0.2, 0.25) is 0 Å². The highest BCUT2D eigenvalue weighted by atomic mass is 32.2. The molecule has 1 aliphatic carbocycles. The summed E-state index contributed by atoms with van der Waals surface area (Å²) in [4.78, 5) is 19.8. The first-order valence-electron chi connectivity index (χ1n) is 15.0. The number of ketones is 1. The van der Waals surface area contributed by atoms with E-state index in [9.17, 15) is 4.79 Å². The Morgan fingerprint density at radius 3 is 2.79 bits per heavy atom. The molecule has 0 bridgehead atoms. The van der Waals surface area contributed by atoms with E-state index in [2.05, 4.69) is 72.3 Å². The second-order valence-electron chi connectivity index (χ2n) is 10.9. The number of carbonyl (C=O) groups excluding carboxylic acids is 1. The van der Waals surface area contributed by atoms with Gasteiger partial charge in [0.15, 0.2) is 5.78 Å². The molecule has 1 N–H and O–H groups in total. The maximum Gasteiger partial charge on any atom is 0.174 e. The highest BCUT2D eigenvalue weighted by molar-refractivity contribution is 7.98. The summed E-state index contributed by atoms with van der Waals surface area (Å²) in [7, 11) is 0. The van der Waals surface area contributed by atoms with Gasteiger partial charge in [-0.3, -0.25) is 9.69 Å². The van der Waals surface area contributed by atoms with Crippen molar-refractivity contribution in [2.24, 2.45) is 0 Å². The van der Waals surface area contributed by atoms with Crippen molar-refractivity contribution in [3.8, 4) is 5.75 Å². The molecule has 0 amide bonds. The number of Topliss-reactive ketones (excluding diaryl/α,β-unsaturated/α-hetero) is 1. The topological polar surface area (TPSA) is 44.8 Å². The summed E-state index contributed by atoms with van der Waals surface area (Å²) in [5.41, 5.74) is 3.22. The van der Waals surface area contributed by atoms with Crippen LogP contribution in [0, 0.1) is 6.92 Å². The fraction of sp³-hybridized carbons (Fsp3) is 0.606. The van der Waals surface area contributed by atoms with Crippen LogP contribution in [0.3, 0.4) is 0 Å². The Kier molecular flexibility index (Phi) is 13.7. The number of nitrogens with zero attached hydrogens (tertiary/aromatic N) is 2. The van der Waals surface area contributed by atoms with Gasteiger partial charge in [-0.2, -0.15) is 0 Å². The molecule has 0 aromatic heterocycles. The number of nitrogens with one attached hydrogen (secondary N) is 1. The molecule has 1 atom stereocenters. The number of hydrogen-bond acceptors (Lipinski definition) is 6. The lowest BCUT2D eigenvalue weighted by atomic mass is 9.93. The Hall–Kier alpha value is -2.02. The molecule has 1 saturated carbocycles.